The maximum absolute atomic E-state index is 14.1. The average Bonchev–Trinajstić information content (AvgIpc) is 3.40. The summed E-state index contributed by atoms with van der Waals surface area (Å²) in [6, 6.07) is 6.65. The quantitative estimate of drug-likeness (QED) is 0.230. The van der Waals surface area contributed by atoms with Crippen LogP contribution in [-0.4, -0.2) is 51.2 Å². The zero-order valence-corrected chi connectivity index (χ0v) is 22.0. The van der Waals surface area contributed by atoms with Crippen molar-refractivity contribution in [1.29, 1.82) is 5.41 Å². The molecule has 0 unspecified atom stereocenters. The van der Waals surface area contributed by atoms with Gasteiger partial charge in [0.15, 0.2) is 17.3 Å². The van der Waals surface area contributed by atoms with Crippen molar-refractivity contribution in [3.05, 3.63) is 71.3 Å². The fourth-order valence-electron chi connectivity index (χ4n) is 4.92. The summed E-state index contributed by atoms with van der Waals surface area (Å²) in [7, 11) is 0. The largest absolute Gasteiger partial charge is 0.492 e. The van der Waals surface area contributed by atoms with Crippen molar-refractivity contribution in [3.8, 4) is 17.2 Å². The van der Waals surface area contributed by atoms with Crippen molar-refractivity contribution in [3.63, 3.8) is 0 Å². The number of oxazole rings is 1. The Hall–Kier alpha value is -4.39. The average molecular weight is 571 g/mol. The van der Waals surface area contributed by atoms with Crippen molar-refractivity contribution < 1.29 is 31.5 Å². The monoisotopic (exact) mass is 570 g/mol. The lowest BCUT2D eigenvalue weighted by Crippen LogP contribution is -2.41. The standard InChI is InChI=1S/C28H26F4N6O3/c1-2-40-20-5-3-17(16-4-6-22(28(30,31)32)36-24(16)20)26-37-25(21(13-33)41-26)27(39)38-11-8-15(9-12-38)23(34)18-7-10-35-14-19(18)29/h3-7,10,14-15,34H,2,8-9,11-13,33H2,1H3. The minimum Gasteiger partial charge on any atom is -0.492 e. The van der Waals surface area contributed by atoms with E-state index in [9.17, 15) is 22.4 Å². The van der Waals surface area contributed by atoms with Crippen LogP contribution < -0.4 is 10.5 Å². The molecule has 3 aromatic heterocycles. The van der Waals surface area contributed by atoms with Crippen LogP contribution in [0, 0.1) is 17.1 Å². The lowest BCUT2D eigenvalue weighted by atomic mass is 9.88. The second kappa shape index (κ2) is 11.2. The molecule has 41 heavy (non-hydrogen) atoms. The number of carbonyl (C=O) groups is 1. The van der Waals surface area contributed by atoms with E-state index in [0.717, 1.165) is 12.3 Å². The van der Waals surface area contributed by atoms with Gasteiger partial charge in [0, 0.05) is 47.4 Å². The Bertz CT molecular complexity index is 1610. The zero-order chi connectivity index (χ0) is 29.3. The van der Waals surface area contributed by atoms with E-state index < -0.39 is 23.6 Å². The van der Waals surface area contributed by atoms with E-state index in [1.54, 1.807) is 17.9 Å². The van der Waals surface area contributed by atoms with Gasteiger partial charge in [-0.15, -0.1) is 0 Å². The van der Waals surface area contributed by atoms with Crippen molar-refractivity contribution in [1.82, 2.24) is 19.9 Å². The smallest absolute Gasteiger partial charge is 0.433 e. The number of ether oxygens (including phenoxy) is 1. The van der Waals surface area contributed by atoms with Gasteiger partial charge in [0.25, 0.3) is 5.91 Å². The van der Waals surface area contributed by atoms with Gasteiger partial charge in [-0.1, -0.05) is 0 Å². The van der Waals surface area contributed by atoms with E-state index in [2.05, 4.69) is 15.0 Å². The topological polar surface area (TPSA) is 131 Å². The van der Waals surface area contributed by atoms with E-state index in [0.29, 0.717) is 36.9 Å². The molecule has 1 amide bonds. The summed E-state index contributed by atoms with van der Waals surface area (Å²) < 4.78 is 65.6. The van der Waals surface area contributed by atoms with Crippen LogP contribution in [0.4, 0.5) is 17.6 Å². The van der Waals surface area contributed by atoms with Crippen molar-refractivity contribution in [2.75, 3.05) is 19.7 Å². The Labute approximate surface area is 231 Å². The lowest BCUT2D eigenvalue weighted by molar-refractivity contribution is -0.140. The third kappa shape index (κ3) is 5.49. The number of amides is 1. The van der Waals surface area contributed by atoms with Gasteiger partial charge in [0.1, 0.15) is 17.0 Å². The Morgan fingerprint density at radius 1 is 1.17 bits per heavy atom. The van der Waals surface area contributed by atoms with Gasteiger partial charge in [0.2, 0.25) is 5.89 Å². The number of hydrogen-bond donors (Lipinski definition) is 2. The van der Waals surface area contributed by atoms with Gasteiger partial charge >= 0.3 is 6.18 Å². The number of nitrogens with zero attached hydrogens (tertiary/aromatic N) is 4. The van der Waals surface area contributed by atoms with Crippen molar-refractivity contribution in [2.45, 2.75) is 32.5 Å². The number of carbonyl (C=O) groups excluding carboxylic acids is 1. The minimum absolute atomic E-state index is 0.00175. The number of nitrogens with two attached hydrogens (primary N) is 1. The third-order valence-electron chi connectivity index (χ3n) is 6.98. The first-order chi connectivity index (χ1) is 19.6. The van der Waals surface area contributed by atoms with Gasteiger partial charge in [0.05, 0.1) is 19.3 Å². The number of alkyl halides is 3. The van der Waals surface area contributed by atoms with Crippen molar-refractivity contribution >= 4 is 22.5 Å². The number of piperidine rings is 1. The van der Waals surface area contributed by atoms with Crippen LogP contribution in [0.15, 0.2) is 47.1 Å². The molecule has 1 aliphatic rings. The fourth-order valence-corrected chi connectivity index (χ4v) is 4.92. The molecule has 4 heterocycles. The molecule has 0 atom stereocenters. The molecule has 0 radical (unpaired) electrons. The molecule has 5 rings (SSSR count). The molecular weight excluding hydrogens is 544 g/mol. The molecule has 214 valence electrons. The fraction of sp³-hybridized carbons (Fsp3) is 0.321. The summed E-state index contributed by atoms with van der Waals surface area (Å²) in [6.07, 6.45) is -1.25. The van der Waals surface area contributed by atoms with E-state index in [1.807, 2.05) is 0 Å². The molecular formula is C28H26F4N6O3. The highest BCUT2D eigenvalue weighted by molar-refractivity contribution is 6.01. The molecule has 0 saturated carbocycles. The molecule has 1 aromatic carbocycles. The second-order valence-electron chi connectivity index (χ2n) is 9.47. The van der Waals surface area contributed by atoms with Crippen LogP contribution in [0.2, 0.25) is 0 Å². The van der Waals surface area contributed by atoms with E-state index >= 15 is 0 Å². The molecule has 0 aliphatic carbocycles. The van der Waals surface area contributed by atoms with Crippen LogP contribution >= 0.6 is 0 Å². The van der Waals surface area contributed by atoms with Crippen LogP contribution in [0.3, 0.4) is 0 Å². The third-order valence-corrected chi connectivity index (χ3v) is 6.98. The van der Waals surface area contributed by atoms with Gasteiger partial charge < -0.3 is 25.2 Å². The second-order valence-corrected chi connectivity index (χ2v) is 9.47. The zero-order valence-electron chi connectivity index (χ0n) is 22.0. The molecule has 1 fully saturated rings. The summed E-state index contributed by atoms with van der Waals surface area (Å²) in [6.45, 7) is 2.40. The molecule has 0 bridgehead atoms. The molecule has 0 spiro atoms. The highest BCUT2D eigenvalue weighted by atomic mass is 19.4. The molecule has 3 N–H and O–H groups in total. The van der Waals surface area contributed by atoms with E-state index in [1.165, 1.54) is 24.4 Å². The van der Waals surface area contributed by atoms with Crippen LogP contribution in [-0.2, 0) is 12.7 Å². The minimum atomic E-state index is -4.65. The summed E-state index contributed by atoms with van der Waals surface area (Å²) in [5.41, 5.74) is 5.45. The van der Waals surface area contributed by atoms with E-state index in [-0.39, 0.29) is 59.0 Å². The summed E-state index contributed by atoms with van der Waals surface area (Å²) in [5, 5.41) is 8.73. The SMILES string of the molecule is CCOc1ccc(-c2nc(C(=O)N3CCC(C(=N)c4ccncc4F)CC3)c(CN)o2)c2ccc(C(F)(F)F)nc12. The van der Waals surface area contributed by atoms with Crippen LogP contribution in [0.1, 0.15) is 47.3 Å². The van der Waals surface area contributed by atoms with Gasteiger partial charge in [-0.2, -0.15) is 13.2 Å². The number of likely N-dealkylation sites (tertiary alicyclic amines) is 1. The van der Waals surface area contributed by atoms with Crippen LogP contribution in [0.5, 0.6) is 5.75 Å². The Morgan fingerprint density at radius 2 is 1.93 bits per heavy atom. The molecule has 4 aromatic rings. The van der Waals surface area contributed by atoms with Gasteiger partial charge in [-0.05, 0) is 50.1 Å². The predicted octanol–water partition coefficient (Wildman–Crippen LogP) is 5.22. The highest BCUT2D eigenvalue weighted by Crippen LogP contribution is 2.37. The first-order valence-electron chi connectivity index (χ1n) is 12.9. The molecule has 13 heteroatoms. The summed E-state index contributed by atoms with van der Waals surface area (Å²) in [5.74, 6) is -0.922. The number of fused-ring (bicyclic) bond motifs is 1. The number of nitrogens with one attached hydrogen (secondary N) is 1. The lowest BCUT2D eigenvalue weighted by Gasteiger charge is -2.32. The first kappa shape index (κ1) is 28.1. The predicted molar refractivity (Wildman–Crippen MR) is 141 cm³/mol. The van der Waals surface area contributed by atoms with Gasteiger partial charge in [-0.3, -0.25) is 9.78 Å². The first-order valence-corrected chi connectivity index (χ1v) is 12.9. The highest BCUT2D eigenvalue weighted by Gasteiger charge is 2.34. The normalized spacial score (nSPS) is 14.4. The van der Waals surface area contributed by atoms with Crippen molar-refractivity contribution in [2.24, 2.45) is 11.7 Å². The number of rotatable bonds is 7. The number of halogens is 4. The number of hydrogen-bond acceptors (Lipinski definition) is 8. The van der Waals surface area contributed by atoms with Gasteiger partial charge in [-0.25, -0.2) is 14.4 Å². The Morgan fingerprint density at radius 3 is 2.59 bits per heavy atom. The summed E-state index contributed by atoms with van der Waals surface area (Å²) >= 11 is 0. The maximum Gasteiger partial charge on any atom is 0.433 e. The van der Waals surface area contributed by atoms with Crippen LogP contribution in [0.25, 0.3) is 22.4 Å². The molecule has 1 saturated heterocycles. The van der Waals surface area contributed by atoms with E-state index in [4.69, 9.17) is 20.3 Å². The Balaban J connectivity index is 1.41. The number of aromatic nitrogens is 3. The number of benzene rings is 1. The molecule has 1 aliphatic heterocycles. The molecule has 9 nitrogen and oxygen atoms in total. The maximum atomic E-state index is 14.1. The summed E-state index contributed by atoms with van der Waals surface area (Å²) in [4.78, 5) is 26.9. The number of pyridine rings is 2. The Kier molecular flexibility index (Phi) is 7.72.